The smallest absolute Gasteiger partial charge is 0.0241 e. The Hall–Kier alpha value is -1.54. The number of aliphatic hydroxyl groups excluding tert-OH is 1. The van der Waals surface area contributed by atoms with E-state index in [4.69, 9.17) is 5.11 Å². The van der Waals surface area contributed by atoms with Gasteiger partial charge in [-0.3, -0.25) is 0 Å². The first-order valence-electron chi connectivity index (χ1n) is 9.18. The van der Waals surface area contributed by atoms with Gasteiger partial charge in [0.1, 0.15) is 0 Å². The summed E-state index contributed by atoms with van der Waals surface area (Å²) in [5.74, 6) is 0.541. The number of aliphatic hydroxyl groups is 1. The van der Waals surface area contributed by atoms with Gasteiger partial charge in [-0.25, -0.2) is 0 Å². The fourth-order valence-electron chi connectivity index (χ4n) is 2.79. The van der Waals surface area contributed by atoms with Crippen molar-refractivity contribution < 1.29 is 25.2 Å². The van der Waals surface area contributed by atoms with Crippen LogP contribution >= 0.6 is 0 Å². The Kier molecular flexibility index (Phi) is 9.32. The third-order valence-electron chi connectivity index (χ3n) is 4.28. The number of nitrogens with zero attached hydrogens (tertiary/aromatic N) is 1. The molecule has 1 heterocycles. The van der Waals surface area contributed by atoms with Crippen molar-refractivity contribution in [1.29, 1.82) is 0 Å². The molecule has 27 heavy (non-hydrogen) atoms. The van der Waals surface area contributed by atoms with Crippen molar-refractivity contribution in [3.8, 4) is 11.3 Å². The Balaban J connectivity index is 0.000000542. The number of fused-ring (bicyclic) bond motifs is 1. The van der Waals surface area contributed by atoms with Crippen LogP contribution in [-0.4, -0.2) is 16.2 Å². The van der Waals surface area contributed by atoms with E-state index in [2.05, 4.69) is 82.1 Å². The number of hydrogen-bond acceptors (Lipinski definition) is 2. The van der Waals surface area contributed by atoms with Gasteiger partial charge in [-0.1, -0.05) is 45.9 Å². The minimum Gasteiger partial charge on any atom is -0.396 e. The van der Waals surface area contributed by atoms with Crippen LogP contribution in [0.5, 0.6) is 0 Å². The van der Waals surface area contributed by atoms with Gasteiger partial charge in [0.15, 0.2) is 0 Å². The molecule has 3 heteroatoms. The average Bonchev–Trinajstić information content (AvgIpc) is 2.60. The van der Waals surface area contributed by atoms with Crippen LogP contribution in [0.1, 0.15) is 49.8 Å². The Bertz CT molecular complexity index is 851. The maximum absolute atomic E-state index is 8.30. The first-order chi connectivity index (χ1) is 12.3. The van der Waals surface area contributed by atoms with Crippen molar-refractivity contribution in [3.63, 3.8) is 0 Å². The molecule has 1 radical (unpaired) electrons. The Morgan fingerprint density at radius 3 is 2.30 bits per heavy atom. The molecule has 3 aromatic rings. The molecule has 0 spiro atoms. The van der Waals surface area contributed by atoms with Crippen molar-refractivity contribution in [2.75, 3.05) is 0 Å². The van der Waals surface area contributed by atoms with E-state index >= 15 is 0 Å². The Morgan fingerprint density at radius 2 is 1.74 bits per heavy atom. The molecule has 1 atom stereocenters. The van der Waals surface area contributed by atoms with Crippen LogP contribution < -0.4 is 0 Å². The summed E-state index contributed by atoms with van der Waals surface area (Å²) in [6.45, 7) is 13.8. The summed E-state index contributed by atoms with van der Waals surface area (Å²) in [5.41, 5.74) is 5.87. The topological polar surface area (TPSA) is 33.1 Å². The predicted octanol–water partition coefficient (Wildman–Crippen LogP) is 6.03. The normalized spacial score (nSPS) is 11.6. The van der Waals surface area contributed by atoms with Crippen molar-refractivity contribution in [3.05, 3.63) is 72.3 Å². The molecule has 147 valence electrons. The van der Waals surface area contributed by atoms with Gasteiger partial charge in [0.25, 0.3) is 0 Å². The van der Waals surface area contributed by atoms with Gasteiger partial charge in [0.05, 0.1) is 0 Å². The van der Waals surface area contributed by atoms with E-state index in [1.165, 1.54) is 21.9 Å². The monoisotopic (exact) mass is 540 g/mol. The average molecular weight is 540 g/mol. The molecular formula is C24H29IrNO-2. The second kappa shape index (κ2) is 10.7. The van der Waals surface area contributed by atoms with Crippen molar-refractivity contribution in [2.24, 2.45) is 0 Å². The molecule has 0 amide bonds. The maximum atomic E-state index is 8.30. The van der Waals surface area contributed by atoms with Gasteiger partial charge in [-0.2, -0.15) is 6.42 Å². The minimum absolute atomic E-state index is 0. The van der Waals surface area contributed by atoms with E-state index in [0.29, 0.717) is 12.3 Å². The predicted molar refractivity (Wildman–Crippen MR) is 111 cm³/mol. The molecule has 1 unspecified atom stereocenters. The first kappa shape index (κ1) is 23.5. The van der Waals surface area contributed by atoms with Crippen LogP contribution in [0.15, 0.2) is 42.6 Å². The molecule has 1 N–H and O–H groups in total. The van der Waals surface area contributed by atoms with E-state index in [0.717, 1.165) is 16.8 Å². The second-order valence-corrected chi connectivity index (χ2v) is 7.19. The summed E-state index contributed by atoms with van der Waals surface area (Å²) in [6.07, 6.45) is 2.28. The van der Waals surface area contributed by atoms with Gasteiger partial charge in [0.2, 0.25) is 0 Å². The van der Waals surface area contributed by atoms with Gasteiger partial charge in [0, 0.05) is 32.4 Å². The number of aromatic nitrogens is 1. The van der Waals surface area contributed by atoms with Crippen LogP contribution in [0.25, 0.3) is 22.0 Å². The van der Waals surface area contributed by atoms with Gasteiger partial charge >= 0.3 is 0 Å². The molecule has 0 saturated carbocycles. The zero-order chi connectivity index (χ0) is 19.3. The van der Waals surface area contributed by atoms with Crippen molar-refractivity contribution >= 4 is 10.8 Å². The molecule has 1 aromatic heterocycles. The maximum Gasteiger partial charge on any atom is 0.0241 e. The summed E-state index contributed by atoms with van der Waals surface area (Å²) >= 11 is 0. The molecule has 0 aliphatic rings. The first-order valence-corrected chi connectivity index (χ1v) is 9.18. The summed E-state index contributed by atoms with van der Waals surface area (Å²) < 4.78 is 0. The zero-order valence-corrected chi connectivity index (χ0v) is 19.2. The summed E-state index contributed by atoms with van der Waals surface area (Å²) in [7, 11) is 0. The van der Waals surface area contributed by atoms with Crippen LogP contribution in [0.2, 0.25) is 0 Å². The summed E-state index contributed by atoms with van der Waals surface area (Å²) in [4.78, 5) is 4.60. The molecule has 0 aliphatic heterocycles. The fraction of sp³-hybridized carbons (Fsp3) is 0.333. The summed E-state index contributed by atoms with van der Waals surface area (Å²) in [5, 5.41) is 10.7. The van der Waals surface area contributed by atoms with E-state index < -0.39 is 0 Å². The fourth-order valence-corrected chi connectivity index (χ4v) is 2.79. The van der Waals surface area contributed by atoms with Crippen LogP contribution in [-0.2, 0) is 20.1 Å². The van der Waals surface area contributed by atoms with E-state index in [1.54, 1.807) is 6.92 Å². The largest absolute Gasteiger partial charge is 0.396 e. The zero-order valence-electron chi connectivity index (χ0n) is 16.8. The standard InChI is InChI=1S/C20H20N.C4H9O.Ir/c1-13(2)16-5-6-19-17(12-16)7-8-21-20(19)18-10-14(3)9-15(4)11-18;1-3-4(2)5;/h5-10,12-13H,1-4H3;4-5H,1,3H2,2H3;/q2*-1;. The summed E-state index contributed by atoms with van der Waals surface area (Å²) in [6, 6.07) is 16.5. The Morgan fingerprint density at radius 1 is 1.07 bits per heavy atom. The van der Waals surface area contributed by atoms with Crippen LogP contribution in [0, 0.1) is 26.8 Å². The quantitative estimate of drug-likeness (QED) is 0.412. The number of hydrogen-bond donors (Lipinski definition) is 1. The second-order valence-electron chi connectivity index (χ2n) is 7.19. The van der Waals surface area contributed by atoms with E-state index in [9.17, 15) is 0 Å². The van der Waals surface area contributed by atoms with E-state index in [-0.39, 0.29) is 26.2 Å². The third kappa shape index (κ3) is 6.53. The molecule has 0 fully saturated rings. The number of rotatable bonds is 3. The minimum atomic E-state index is -0.227. The third-order valence-corrected chi connectivity index (χ3v) is 4.28. The van der Waals surface area contributed by atoms with Crippen molar-refractivity contribution in [2.45, 2.75) is 53.1 Å². The molecule has 2 nitrogen and oxygen atoms in total. The van der Waals surface area contributed by atoms with E-state index in [1.807, 2.05) is 6.20 Å². The van der Waals surface area contributed by atoms with Crippen molar-refractivity contribution in [1.82, 2.24) is 4.98 Å². The molecule has 2 aromatic carbocycles. The molecule has 0 aliphatic carbocycles. The molecule has 0 bridgehead atoms. The number of aryl methyl sites for hydroxylation is 2. The van der Waals surface area contributed by atoms with Crippen LogP contribution in [0.3, 0.4) is 0 Å². The van der Waals surface area contributed by atoms with Crippen LogP contribution in [0.4, 0.5) is 0 Å². The van der Waals surface area contributed by atoms with Gasteiger partial charge in [-0.15, -0.1) is 34.9 Å². The molecule has 3 rings (SSSR count). The molecular weight excluding hydrogens is 510 g/mol. The van der Waals surface area contributed by atoms with Gasteiger partial charge < -0.3 is 17.0 Å². The molecule has 0 saturated heterocycles. The Labute approximate surface area is 177 Å². The number of benzene rings is 2. The SMILES string of the molecule is Cc1[c-]c(-c2nccc3cc(C(C)C)ccc23)cc(C)c1.[CH2-]CC(C)O.[Ir]. The van der Waals surface area contributed by atoms with Gasteiger partial charge in [-0.05, 0) is 40.9 Å². The number of pyridine rings is 1.